The van der Waals surface area contributed by atoms with E-state index < -0.39 is 11.4 Å². The first kappa shape index (κ1) is 15.5. The Labute approximate surface area is 124 Å². The fourth-order valence-electron chi connectivity index (χ4n) is 2.95. The second-order valence-corrected chi connectivity index (χ2v) is 5.87. The molecule has 0 spiro atoms. The molecule has 1 fully saturated rings. The van der Waals surface area contributed by atoms with Gasteiger partial charge in [-0.15, -0.1) is 0 Å². The van der Waals surface area contributed by atoms with Gasteiger partial charge in [-0.1, -0.05) is 25.3 Å². The van der Waals surface area contributed by atoms with E-state index >= 15 is 0 Å². The maximum absolute atomic E-state index is 12.1. The normalized spacial score (nSPS) is 17.2. The molecule has 0 radical (unpaired) electrons. The lowest BCUT2D eigenvalue weighted by Gasteiger charge is -2.32. The molecule has 0 unspecified atom stereocenters. The third-order valence-electron chi connectivity index (χ3n) is 4.18. The maximum atomic E-state index is 12.1. The van der Waals surface area contributed by atoms with Crippen molar-refractivity contribution in [1.29, 1.82) is 0 Å². The molecule has 1 aromatic rings. The van der Waals surface area contributed by atoms with E-state index in [1.165, 1.54) is 0 Å². The molecular weight excluding hydrogens is 268 g/mol. The van der Waals surface area contributed by atoms with Crippen LogP contribution in [0.4, 0.5) is 0 Å². The Morgan fingerprint density at radius 1 is 1.29 bits per heavy atom. The van der Waals surface area contributed by atoms with E-state index in [1.54, 1.807) is 0 Å². The van der Waals surface area contributed by atoms with Crippen LogP contribution in [-0.4, -0.2) is 22.0 Å². The molecule has 5 heteroatoms. The molecular formula is C16H22N2O3. The molecule has 1 amide bonds. The van der Waals surface area contributed by atoms with Crippen molar-refractivity contribution in [3.8, 4) is 0 Å². The molecule has 1 aromatic heterocycles. The van der Waals surface area contributed by atoms with Gasteiger partial charge in [0, 0.05) is 12.1 Å². The third kappa shape index (κ3) is 4.03. The monoisotopic (exact) mass is 290 g/mol. The predicted octanol–water partition coefficient (Wildman–Crippen LogP) is 2.43. The average Bonchev–Trinajstić information content (AvgIpc) is 2.46. The van der Waals surface area contributed by atoms with Crippen molar-refractivity contribution in [1.82, 2.24) is 10.3 Å². The van der Waals surface area contributed by atoms with Gasteiger partial charge >= 0.3 is 5.97 Å². The molecule has 1 aliphatic carbocycles. The minimum absolute atomic E-state index is 0.0636. The van der Waals surface area contributed by atoms with Crippen molar-refractivity contribution in [2.75, 3.05) is 0 Å². The fourth-order valence-corrected chi connectivity index (χ4v) is 2.95. The zero-order valence-corrected chi connectivity index (χ0v) is 12.4. The lowest BCUT2D eigenvalue weighted by molar-refractivity contribution is -0.154. The summed E-state index contributed by atoms with van der Waals surface area (Å²) in [5, 5.41) is 12.3. The van der Waals surface area contributed by atoms with Gasteiger partial charge in [0.2, 0.25) is 5.91 Å². The minimum Gasteiger partial charge on any atom is -0.481 e. The Kier molecular flexibility index (Phi) is 4.94. The summed E-state index contributed by atoms with van der Waals surface area (Å²) in [5.41, 5.74) is 0.815. The van der Waals surface area contributed by atoms with Crippen molar-refractivity contribution >= 4 is 11.9 Å². The van der Waals surface area contributed by atoms with Crippen LogP contribution in [0, 0.1) is 12.3 Å². The summed E-state index contributed by atoms with van der Waals surface area (Å²) in [6.45, 7) is 2.24. The highest BCUT2D eigenvalue weighted by Crippen LogP contribution is 2.39. The number of aryl methyl sites for hydroxylation is 1. The molecule has 2 rings (SSSR count). The molecule has 0 aliphatic heterocycles. The first-order valence-electron chi connectivity index (χ1n) is 7.44. The van der Waals surface area contributed by atoms with Crippen LogP contribution in [0.15, 0.2) is 18.2 Å². The summed E-state index contributed by atoms with van der Waals surface area (Å²) in [6.07, 6.45) is 4.09. The van der Waals surface area contributed by atoms with Crippen LogP contribution in [0.2, 0.25) is 0 Å². The van der Waals surface area contributed by atoms with E-state index in [4.69, 9.17) is 0 Å². The van der Waals surface area contributed by atoms with Crippen LogP contribution in [0.1, 0.15) is 49.9 Å². The first-order chi connectivity index (χ1) is 10.0. The lowest BCUT2D eigenvalue weighted by atomic mass is 9.71. The van der Waals surface area contributed by atoms with E-state index in [0.717, 1.165) is 30.7 Å². The van der Waals surface area contributed by atoms with E-state index in [0.29, 0.717) is 19.4 Å². The number of carbonyl (C=O) groups is 2. The van der Waals surface area contributed by atoms with Crippen LogP contribution >= 0.6 is 0 Å². The van der Waals surface area contributed by atoms with Crippen LogP contribution in [0.25, 0.3) is 0 Å². The molecule has 5 nitrogen and oxygen atoms in total. The van der Waals surface area contributed by atoms with E-state index in [9.17, 15) is 14.7 Å². The number of pyridine rings is 1. The number of carboxylic acids is 1. The van der Waals surface area contributed by atoms with Gasteiger partial charge in [0.15, 0.2) is 0 Å². The Hall–Kier alpha value is -1.91. The SMILES string of the molecule is Cc1cccc(CNC(=O)CC2(C(=O)O)CCCCC2)n1. The quantitative estimate of drug-likeness (QED) is 0.873. The molecule has 0 bridgehead atoms. The molecule has 1 saturated carbocycles. The Morgan fingerprint density at radius 3 is 2.62 bits per heavy atom. The summed E-state index contributed by atoms with van der Waals surface area (Å²) in [6, 6.07) is 5.64. The van der Waals surface area contributed by atoms with Crippen LogP contribution in [0.3, 0.4) is 0 Å². The van der Waals surface area contributed by atoms with Gasteiger partial charge in [-0.25, -0.2) is 0 Å². The van der Waals surface area contributed by atoms with Crippen LogP contribution in [0.5, 0.6) is 0 Å². The number of carbonyl (C=O) groups excluding carboxylic acids is 1. The average molecular weight is 290 g/mol. The van der Waals surface area contributed by atoms with Gasteiger partial charge in [-0.05, 0) is 31.9 Å². The summed E-state index contributed by atoms with van der Waals surface area (Å²) in [5.74, 6) is -1.05. The van der Waals surface area contributed by atoms with Crippen molar-refractivity contribution in [3.63, 3.8) is 0 Å². The smallest absolute Gasteiger partial charge is 0.310 e. The number of aromatic nitrogens is 1. The lowest BCUT2D eigenvalue weighted by Crippen LogP contribution is -2.39. The molecule has 114 valence electrons. The minimum atomic E-state index is -0.873. The highest BCUT2D eigenvalue weighted by atomic mass is 16.4. The van der Waals surface area contributed by atoms with Crippen molar-refractivity contribution < 1.29 is 14.7 Å². The van der Waals surface area contributed by atoms with Crippen LogP contribution < -0.4 is 5.32 Å². The number of hydrogen-bond acceptors (Lipinski definition) is 3. The number of hydrogen-bond donors (Lipinski definition) is 2. The molecule has 0 saturated heterocycles. The van der Waals surface area contributed by atoms with E-state index in [-0.39, 0.29) is 12.3 Å². The molecule has 2 N–H and O–H groups in total. The standard InChI is InChI=1S/C16H22N2O3/c1-12-6-5-7-13(18-12)11-17-14(19)10-16(15(20)21)8-3-2-4-9-16/h5-7H,2-4,8-11H2,1H3,(H,17,19)(H,20,21). The summed E-state index contributed by atoms with van der Waals surface area (Å²) in [7, 11) is 0. The third-order valence-corrected chi connectivity index (χ3v) is 4.18. The molecule has 1 aliphatic rings. The maximum Gasteiger partial charge on any atom is 0.310 e. The second-order valence-electron chi connectivity index (χ2n) is 5.87. The van der Waals surface area contributed by atoms with Gasteiger partial charge in [-0.3, -0.25) is 14.6 Å². The molecule has 1 heterocycles. The fraction of sp³-hybridized carbons (Fsp3) is 0.562. The van der Waals surface area contributed by atoms with Gasteiger partial charge in [0.25, 0.3) is 0 Å². The van der Waals surface area contributed by atoms with Crippen LogP contribution in [-0.2, 0) is 16.1 Å². The highest BCUT2D eigenvalue weighted by Gasteiger charge is 2.41. The van der Waals surface area contributed by atoms with Crippen molar-refractivity contribution in [3.05, 3.63) is 29.6 Å². The molecule has 21 heavy (non-hydrogen) atoms. The van der Waals surface area contributed by atoms with Gasteiger partial charge in [0.1, 0.15) is 0 Å². The number of carboxylic acid groups (broad SMARTS) is 1. The van der Waals surface area contributed by atoms with Gasteiger partial charge in [-0.2, -0.15) is 0 Å². The van der Waals surface area contributed by atoms with E-state index in [1.807, 2.05) is 25.1 Å². The highest BCUT2D eigenvalue weighted by molar-refractivity contribution is 5.85. The zero-order valence-electron chi connectivity index (χ0n) is 12.4. The summed E-state index contributed by atoms with van der Waals surface area (Å²) in [4.78, 5) is 27.9. The van der Waals surface area contributed by atoms with E-state index in [2.05, 4.69) is 10.3 Å². The Balaban J connectivity index is 1.92. The largest absolute Gasteiger partial charge is 0.481 e. The zero-order chi connectivity index (χ0) is 15.3. The van der Waals surface area contributed by atoms with Crippen molar-refractivity contribution in [2.24, 2.45) is 5.41 Å². The van der Waals surface area contributed by atoms with Gasteiger partial charge < -0.3 is 10.4 Å². The van der Waals surface area contributed by atoms with Crippen molar-refractivity contribution in [2.45, 2.75) is 52.0 Å². The van der Waals surface area contributed by atoms with Gasteiger partial charge in [0.05, 0.1) is 17.7 Å². The summed E-state index contributed by atoms with van der Waals surface area (Å²) >= 11 is 0. The first-order valence-corrected chi connectivity index (χ1v) is 7.44. The number of nitrogens with zero attached hydrogens (tertiary/aromatic N) is 1. The molecule has 0 aromatic carbocycles. The Bertz CT molecular complexity index is 522. The predicted molar refractivity (Wildman–Crippen MR) is 78.6 cm³/mol. The Morgan fingerprint density at radius 2 is 2.00 bits per heavy atom. The number of rotatable bonds is 5. The number of nitrogens with one attached hydrogen (secondary N) is 1. The second kappa shape index (κ2) is 6.70. The molecule has 0 atom stereocenters. The number of amides is 1. The summed E-state index contributed by atoms with van der Waals surface area (Å²) < 4.78 is 0. The topological polar surface area (TPSA) is 79.3 Å². The number of aliphatic carboxylic acids is 1.